The number of para-hydroxylation sites is 1. The molecule has 0 saturated carbocycles. The lowest BCUT2D eigenvalue weighted by molar-refractivity contribution is 0.165. The van der Waals surface area contributed by atoms with Crippen molar-refractivity contribution >= 4 is 10.9 Å². The van der Waals surface area contributed by atoms with Crippen molar-refractivity contribution in [3.05, 3.63) is 59.3 Å². The van der Waals surface area contributed by atoms with Gasteiger partial charge in [0.05, 0.1) is 22.9 Å². The SMILES string of the molecule is O=c1c2ccccc2ncn1CC1CCN(Cc2cocn2)CC1. The number of piperidine rings is 1. The second-order valence-corrected chi connectivity index (χ2v) is 6.42. The van der Waals surface area contributed by atoms with E-state index in [2.05, 4.69) is 14.9 Å². The molecule has 6 heteroatoms. The van der Waals surface area contributed by atoms with Crippen molar-refractivity contribution in [2.24, 2.45) is 5.92 Å². The Morgan fingerprint density at radius 2 is 2.00 bits per heavy atom. The Kier molecular flexibility index (Phi) is 4.13. The summed E-state index contributed by atoms with van der Waals surface area (Å²) in [4.78, 5) is 23.5. The van der Waals surface area contributed by atoms with E-state index in [1.807, 2.05) is 24.3 Å². The van der Waals surface area contributed by atoms with Crippen LogP contribution in [0.1, 0.15) is 18.5 Å². The molecule has 1 aliphatic heterocycles. The Morgan fingerprint density at radius 3 is 2.79 bits per heavy atom. The minimum Gasteiger partial charge on any atom is -0.451 e. The molecule has 1 aromatic carbocycles. The molecule has 0 amide bonds. The van der Waals surface area contributed by atoms with Gasteiger partial charge >= 0.3 is 0 Å². The monoisotopic (exact) mass is 324 g/mol. The maximum absolute atomic E-state index is 12.6. The Morgan fingerprint density at radius 1 is 1.17 bits per heavy atom. The Hall–Kier alpha value is -2.47. The van der Waals surface area contributed by atoms with E-state index in [1.54, 1.807) is 17.2 Å². The van der Waals surface area contributed by atoms with E-state index >= 15 is 0 Å². The predicted molar refractivity (Wildman–Crippen MR) is 90.5 cm³/mol. The van der Waals surface area contributed by atoms with Gasteiger partial charge in [0.1, 0.15) is 6.26 Å². The van der Waals surface area contributed by atoms with Gasteiger partial charge in [-0.3, -0.25) is 14.3 Å². The van der Waals surface area contributed by atoms with Crippen LogP contribution < -0.4 is 5.56 Å². The van der Waals surface area contributed by atoms with Crippen LogP contribution >= 0.6 is 0 Å². The van der Waals surface area contributed by atoms with Crippen LogP contribution in [0.4, 0.5) is 0 Å². The summed E-state index contributed by atoms with van der Waals surface area (Å²) in [5, 5.41) is 0.698. The average molecular weight is 324 g/mol. The zero-order chi connectivity index (χ0) is 16.4. The van der Waals surface area contributed by atoms with Gasteiger partial charge in [-0.15, -0.1) is 0 Å². The highest BCUT2D eigenvalue weighted by molar-refractivity contribution is 5.76. The second-order valence-electron chi connectivity index (χ2n) is 6.42. The third-order valence-electron chi connectivity index (χ3n) is 4.76. The first kappa shape index (κ1) is 15.1. The van der Waals surface area contributed by atoms with Crippen molar-refractivity contribution in [1.82, 2.24) is 19.4 Å². The van der Waals surface area contributed by atoms with Gasteiger partial charge in [0.25, 0.3) is 5.56 Å². The Bertz CT molecular complexity index is 864. The highest BCUT2D eigenvalue weighted by atomic mass is 16.3. The van der Waals surface area contributed by atoms with Gasteiger partial charge in [0, 0.05) is 13.1 Å². The molecule has 0 aliphatic carbocycles. The van der Waals surface area contributed by atoms with Gasteiger partial charge in [-0.1, -0.05) is 12.1 Å². The summed E-state index contributed by atoms with van der Waals surface area (Å²) in [5.41, 5.74) is 1.80. The smallest absolute Gasteiger partial charge is 0.261 e. The van der Waals surface area contributed by atoms with Crippen molar-refractivity contribution in [3.8, 4) is 0 Å². The van der Waals surface area contributed by atoms with E-state index in [4.69, 9.17) is 4.42 Å². The Labute approximate surface area is 139 Å². The molecule has 0 unspecified atom stereocenters. The molecule has 2 aromatic heterocycles. The van der Waals surface area contributed by atoms with E-state index in [0.29, 0.717) is 11.3 Å². The van der Waals surface area contributed by atoms with Crippen molar-refractivity contribution in [2.75, 3.05) is 13.1 Å². The molecule has 24 heavy (non-hydrogen) atoms. The molecule has 124 valence electrons. The molecule has 6 nitrogen and oxygen atoms in total. The lowest BCUT2D eigenvalue weighted by Crippen LogP contribution is -2.36. The Balaban J connectivity index is 1.40. The highest BCUT2D eigenvalue weighted by Crippen LogP contribution is 2.20. The van der Waals surface area contributed by atoms with Gasteiger partial charge in [-0.05, 0) is 44.0 Å². The van der Waals surface area contributed by atoms with Crippen molar-refractivity contribution in [2.45, 2.75) is 25.9 Å². The summed E-state index contributed by atoms with van der Waals surface area (Å²) < 4.78 is 6.79. The van der Waals surface area contributed by atoms with Crippen LogP contribution in [0.25, 0.3) is 10.9 Å². The highest BCUT2D eigenvalue weighted by Gasteiger charge is 2.20. The van der Waals surface area contributed by atoms with E-state index in [0.717, 1.165) is 50.2 Å². The third-order valence-corrected chi connectivity index (χ3v) is 4.76. The van der Waals surface area contributed by atoms with Crippen LogP contribution in [-0.2, 0) is 13.1 Å². The van der Waals surface area contributed by atoms with Crippen LogP contribution in [0.5, 0.6) is 0 Å². The molecule has 0 bridgehead atoms. The van der Waals surface area contributed by atoms with E-state index in [1.165, 1.54) is 6.39 Å². The lowest BCUT2D eigenvalue weighted by Gasteiger charge is -2.31. The number of rotatable bonds is 4. The van der Waals surface area contributed by atoms with E-state index in [-0.39, 0.29) is 5.56 Å². The maximum atomic E-state index is 12.6. The van der Waals surface area contributed by atoms with Gasteiger partial charge in [-0.2, -0.15) is 0 Å². The van der Waals surface area contributed by atoms with Gasteiger partial charge in [-0.25, -0.2) is 9.97 Å². The largest absolute Gasteiger partial charge is 0.451 e. The predicted octanol–water partition coefficient (Wildman–Crippen LogP) is 2.30. The average Bonchev–Trinajstić information content (AvgIpc) is 3.12. The van der Waals surface area contributed by atoms with E-state index < -0.39 is 0 Å². The number of hydrogen-bond donors (Lipinski definition) is 0. The number of nitrogens with zero attached hydrogens (tertiary/aromatic N) is 4. The van der Waals surface area contributed by atoms with Gasteiger partial charge < -0.3 is 4.42 Å². The zero-order valence-electron chi connectivity index (χ0n) is 13.5. The van der Waals surface area contributed by atoms with Gasteiger partial charge in [0.15, 0.2) is 6.39 Å². The molecule has 1 aliphatic rings. The first-order valence-corrected chi connectivity index (χ1v) is 8.33. The fourth-order valence-corrected chi connectivity index (χ4v) is 3.39. The number of likely N-dealkylation sites (tertiary alicyclic amines) is 1. The molecule has 1 saturated heterocycles. The quantitative estimate of drug-likeness (QED) is 0.737. The number of fused-ring (bicyclic) bond motifs is 1. The second kappa shape index (κ2) is 6.57. The summed E-state index contributed by atoms with van der Waals surface area (Å²) >= 11 is 0. The van der Waals surface area contributed by atoms with Crippen LogP contribution in [-0.4, -0.2) is 32.5 Å². The minimum absolute atomic E-state index is 0.0608. The molecule has 4 rings (SSSR count). The van der Waals surface area contributed by atoms with Crippen molar-refractivity contribution < 1.29 is 4.42 Å². The topological polar surface area (TPSA) is 64.2 Å². The fraction of sp³-hybridized carbons (Fsp3) is 0.389. The van der Waals surface area contributed by atoms with E-state index in [9.17, 15) is 4.79 Å². The first-order valence-electron chi connectivity index (χ1n) is 8.33. The lowest BCUT2D eigenvalue weighted by atomic mass is 9.96. The summed E-state index contributed by atoms with van der Waals surface area (Å²) in [6, 6.07) is 7.52. The van der Waals surface area contributed by atoms with Crippen LogP contribution in [0.3, 0.4) is 0 Å². The normalized spacial score (nSPS) is 16.7. The third kappa shape index (κ3) is 3.10. The summed E-state index contributed by atoms with van der Waals surface area (Å²) in [6.45, 7) is 3.62. The summed E-state index contributed by atoms with van der Waals surface area (Å²) in [7, 11) is 0. The first-order chi connectivity index (χ1) is 11.8. The number of hydrogen-bond acceptors (Lipinski definition) is 5. The minimum atomic E-state index is 0.0608. The van der Waals surface area contributed by atoms with Crippen LogP contribution in [0.2, 0.25) is 0 Å². The summed E-state index contributed by atoms with van der Waals surface area (Å²) in [6.07, 6.45) is 7.02. The van der Waals surface area contributed by atoms with Crippen LogP contribution in [0, 0.1) is 5.92 Å². The van der Waals surface area contributed by atoms with Crippen molar-refractivity contribution in [1.29, 1.82) is 0 Å². The molecule has 0 atom stereocenters. The van der Waals surface area contributed by atoms with Gasteiger partial charge in [0.2, 0.25) is 0 Å². The number of oxazole rings is 1. The zero-order valence-corrected chi connectivity index (χ0v) is 13.5. The molecule has 3 aromatic rings. The van der Waals surface area contributed by atoms with Crippen molar-refractivity contribution in [3.63, 3.8) is 0 Å². The molecule has 0 spiro atoms. The molecule has 0 N–H and O–H groups in total. The molecule has 3 heterocycles. The number of aromatic nitrogens is 3. The number of benzene rings is 1. The molecule has 1 fully saturated rings. The molecule has 0 radical (unpaired) electrons. The summed E-state index contributed by atoms with van der Waals surface area (Å²) in [5.74, 6) is 0.513. The standard InChI is InChI=1S/C18H20N4O2/c23-18-16-3-1-2-4-17(16)19-12-22(18)9-14-5-7-21(8-6-14)10-15-11-24-13-20-15/h1-4,11-14H,5-10H2. The molecular formula is C18H20N4O2. The van der Waals surface area contributed by atoms with Crippen LogP contribution in [0.15, 0.2) is 52.5 Å². The fourth-order valence-electron chi connectivity index (χ4n) is 3.39. The maximum Gasteiger partial charge on any atom is 0.261 e. The molecular weight excluding hydrogens is 304 g/mol.